The second-order valence-electron chi connectivity index (χ2n) is 34.7. The molecule has 2 rings (SSSR count). The smallest absolute Gasteiger partial charge is 0.310 e. The van der Waals surface area contributed by atoms with Crippen molar-refractivity contribution in [2.45, 2.75) is 558 Å². The van der Waals surface area contributed by atoms with Gasteiger partial charge in [0.15, 0.2) is 24.8 Å². The predicted octanol–water partition coefficient (Wildman–Crippen LogP) is 22.0. The van der Waals surface area contributed by atoms with E-state index >= 15 is 0 Å². The molecule has 0 aromatic carbocycles. The molecule has 0 aromatic heterocycles. The Hall–Kier alpha value is -3.99. The first-order valence-corrected chi connectivity index (χ1v) is 49.1. The Morgan fingerprint density at radius 2 is 0.615 bits per heavy atom. The van der Waals surface area contributed by atoms with Gasteiger partial charge in [-0.3, -0.25) is 33.6 Å². The van der Waals surface area contributed by atoms with Gasteiger partial charge in [-0.05, 0) is 57.8 Å². The lowest BCUT2D eigenvalue weighted by Gasteiger charge is -2.46. The van der Waals surface area contributed by atoms with Crippen LogP contribution in [0.3, 0.4) is 0 Å². The molecular formula is C96H178N2O19. The van der Waals surface area contributed by atoms with Gasteiger partial charge in [-0.2, -0.15) is 0 Å². The van der Waals surface area contributed by atoms with E-state index in [0.29, 0.717) is 51.4 Å². The SMILES string of the molecule is CCCCCCCCCCCCCCC(=O)O[C@H](CCCCCCCCCCC)CC(=O)NC1C(O)OC(COC2OC(CO)C(OC=O)C(OC(=O)C[C@@H](CCCCCCCCCCC)OC(=O)CCCCCCCCCCCCC)C2NC(=O)CC(CCCCCCCCCCC)OC(=O)CCCCCCCCCCC)C(O)C1O. The van der Waals surface area contributed by atoms with Crippen LogP contribution in [0.15, 0.2) is 0 Å². The molecule has 686 valence electrons. The minimum atomic E-state index is -1.92. The summed E-state index contributed by atoms with van der Waals surface area (Å²) < 4.78 is 48.9. The van der Waals surface area contributed by atoms with Gasteiger partial charge in [0.2, 0.25) is 11.8 Å². The highest BCUT2D eigenvalue weighted by Crippen LogP contribution is 2.31. The Balaban J connectivity index is 2.51. The number of esters is 4. The van der Waals surface area contributed by atoms with E-state index in [1.54, 1.807) is 0 Å². The van der Waals surface area contributed by atoms with Crippen molar-refractivity contribution in [3.05, 3.63) is 0 Å². The van der Waals surface area contributed by atoms with Crippen LogP contribution in [-0.4, -0.2) is 155 Å². The minimum Gasteiger partial charge on any atom is -0.462 e. The number of nitrogens with one attached hydrogen (secondary N) is 2. The third-order valence-electron chi connectivity index (χ3n) is 23.8. The Morgan fingerprint density at radius 1 is 0.333 bits per heavy atom. The van der Waals surface area contributed by atoms with Crippen LogP contribution >= 0.6 is 0 Å². The highest BCUT2D eigenvalue weighted by Gasteiger charge is 2.52. The maximum Gasteiger partial charge on any atom is 0.310 e. The Bertz CT molecular complexity index is 2370. The van der Waals surface area contributed by atoms with Gasteiger partial charge >= 0.3 is 23.9 Å². The number of aliphatic hydroxyl groups is 4. The summed E-state index contributed by atoms with van der Waals surface area (Å²) in [6, 6.07) is -3.12. The first-order valence-electron chi connectivity index (χ1n) is 49.1. The maximum atomic E-state index is 14.9. The van der Waals surface area contributed by atoms with Gasteiger partial charge in [0, 0.05) is 19.3 Å². The molecule has 2 heterocycles. The summed E-state index contributed by atoms with van der Waals surface area (Å²) in [5.41, 5.74) is 0. The summed E-state index contributed by atoms with van der Waals surface area (Å²) in [5.74, 6) is -3.43. The molecule has 0 radical (unpaired) electrons. The number of rotatable bonds is 83. The maximum absolute atomic E-state index is 14.9. The first kappa shape index (κ1) is 109. The largest absolute Gasteiger partial charge is 0.462 e. The third kappa shape index (κ3) is 57.9. The normalized spacial score (nSPS) is 20.2. The zero-order valence-corrected chi connectivity index (χ0v) is 75.5. The van der Waals surface area contributed by atoms with Crippen molar-refractivity contribution >= 4 is 42.2 Å². The molecule has 117 heavy (non-hydrogen) atoms. The Morgan fingerprint density at radius 3 is 0.915 bits per heavy atom. The first-order chi connectivity index (χ1) is 57.1. The fourth-order valence-electron chi connectivity index (χ4n) is 16.4. The fourth-order valence-corrected chi connectivity index (χ4v) is 16.4. The molecule has 0 aromatic rings. The number of amides is 2. The molecule has 6 N–H and O–H groups in total. The molecule has 0 bridgehead atoms. The van der Waals surface area contributed by atoms with Gasteiger partial charge in [0.25, 0.3) is 6.47 Å². The highest BCUT2D eigenvalue weighted by atomic mass is 16.7. The van der Waals surface area contributed by atoms with E-state index < -0.39 is 129 Å². The van der Waals surface area contributed by atoms with Crippen LogP contribution in [0.2, 0.25) is 0 Å². The van der Waals surface area contributed by atoms with E-state index in [0.717, 1.165) is 167 Å². The van der Waals surface area contributed by atoms with Crippen molar-refractivity contribution in [2.24, 2.45) is 0 Å². The zero-order chi connectivity index (χ0) is 85.2. The van der Waals surface area contributed by atoms with Gasteiger partial charge < -0.3 is 69.0 Å². The molecule has 21 heteroatoms. The Kier molecular flexibility index (Phi) is 71.7. The molecule has 21 nitrogen and oxygen atoms in total. The average molecular weight is 1660 g/mol. The van der Waals surface area contributed by atoms with Gasteiger partial charge in [-0.15, -0.1) is 0 Å². The van der Waals surface area contributed by atoms with Crippen LogP contribution in [0, 0.1) is 0 Å². The lowest BCUT2D eigenvalue weighted by atomic mass is 9.95. The van der Waals surface area contributed by atoms with Gasteiger partial charge in [-0.25, -0.2) is 0 Å². The van der Waals surface area contributed by atoms with Crippen LogP contribution in [0.25, 0.3) is 0 Å². The van der Waals surface area contributed by atoms with E-state index in [2.05, 4.69) is 52.2 Å². The lowest BCUT2D eigenvalue weighted by molar-refractivity contribution is -0.299. The number of hydrogen-bond acceptors (Lipinski definition) is 19. The van der Waals surface area contributed by atoms with Gasteiger partial charge in [0.05, 0.1) is 32.5 Å². The van der Waals surface area contributed by atoms with E-state index in [1.807, 2.05) is 0 Å². The fraction of sp³-hybridized carbons (Fsp3) is 0.927. The second kappa shape index (κ2) is 76.9. The van der Waals surface area contributed by atoms with Crippen LogP contribution in [0.1, 0.15) is 478 Å². The molecule has 11 unspecified atom stereocenters. The standard InChI is InChI=1S/C96H178N2O19/c1-7-13-19-25-31-37-39-41-47-53-58-64-69-85(103)112-78(66-60-54-48-42-33-27-21-15-9-3)72-83(101)97-89-92(108)91(107)82(115-95(89)109)76-110-96-90(98-84(102)73-79(67-61-55-49-43-34-28-22-16-10-4)113-86(104)70-63-57-51-45-36-30-24-18-12-6)94(93(111-77-100)81(75-99)116-96)117-88(106)74-80(68-62-56-50-44-35-29-23-17-11-5)114-87(105)71-65-59-52-46-40-38-32-26-20-14-8-2/h77-82,89-96,99,107-109H,7-76H2,1-6H3,(H,97,101)(H,98,102)/t78-,79?,80-,81?,82?,89?,90?,91?,92?,93?,94?,95?,96?/m1/s1. The topological polar surface area (TPSA) is 298 Å². The third-order valence-corrected chi connectivity index (χ3v) is 23.8. The van der Waals surface area contributed by atoms with Gasteiger partial charge in [-0.1, -0.05) is 382 Å². The van der Waals surface area contributed by atoms with E-state index in [-0.39, 0.29) is 44.5 Å². The molecule has 2 saturated heterocycles. The molecule has 2 fully saturated rings. The molecule has 0 aliphatic carbocycles. The molecule has 0 spiro atoms. The van der Waals surface area contributed by atoms with Crippen LogP contribution in [0.4, 0.5) is 0 Å². The van der Waals surface area contributed by atoms with Crippen LogP contribution < -0.4 is 10.6 Å². The van der Waals surface area contributed by atoms with E-state index in [9.17, 15) is 54.0 Å². The number of ether oxygens (including phenoxy) is 8. The zero-order valence-electron chi connectivity index (χ0n) is 75.5. The molecule has 2 aliphatic heterocycles. The lowest BCUT2D eigenvalue weighted by Crippen LogP contribution is -2.67. The van der Waals surface area contributed by atoms with Gasteiger partial charge in [0.1, 0.15) is 54.8 Å². The van der Waals surface area contributed by atoms with Crippen molar-refractivity contribution in [2.75, 3.05) is 13.2 Å². The Labute approximate surface area is 712 Å². The number of carbonyl (C=O) groups is 7. The molecule has 13 atom stereocenters. The number of unbranched alkanes of at least 4 members (excludes halogenated alkanes) is 53. The monoisotopic (exact) mass is 1660 g/mol. The average Bonchev–Trinajstić information content (AvgIpc) is 0.784. The van der Waals surface area contributed by atoms with Crippen LogP contribution in [0.5, 0.6) is 0 Å². The molecule has 2 aliphatic rings. The van der Waals surface area contributed by atoms with Crippen LogP contribution in [-0.2, 0) is 71.5 Å². The molecular weight excluding hydrogens is 1490 g/mol. The predicted molar refractivity (Wildman–Crippen MR) is 467 cm³/mol. The summed E-state index contributed by atoms with van der Waals surface area (Å²) in [7, 11) is 0. The summed E-state index contributed by atoms with van der Waals surface area (Å²) in [6.45, 7) is 11.9. The molecule has 0 saturated carbocycles. The summed E-state index contributed by atoms with van der Waals surface area (Å²) in [4.78, 5) is 97.2. The van der Waals surface area contributed by atoms with Crippen molar-refractivity contribution in [1.29, 1.82) is 0 Å². The summed E-state index contributed by atoms with van der Waals surface area (Å²) in [5, 5.41) is 51.9. The second-order valence-corrected chi connectivity index (χ2v) is 34.7. The quantitative estimate of drug-likeness (QED) is 0.0143. The van der Waals surface area contributed by atoms with Crippen molar-refractivity contribution < 1.29 is 91.9 Å². The minimum absolute atomic E-state index is 0.116. The summed E-state index contributed by atoms with van der Waals surface area (Å²) in [6.07, 6.45) is 49.0. The number of aliphatic hydroxyl groups excluding tert-OH is 4. The molecule has 2 amide bonds. The number of hydrogen-bond donors (Lipinski definition) is 6. The van der Waals surface area contributed by atoms with E-state index in [1.165, 1.54) is 180 Å². The summed E-state index contributed by atoms with van der Waals surface area (Å²) >= 11 is 0. The number of carbonyl (C=O) groups excluding carboxylic acids is 7. The van der Waals surface area contributed by atoms with Crippen molar-refractivity contribution in [3.8, 4) is 0 Å². The highest BCUT2D eigenvalue weighted by molar-refractivity contribution is 5.79. The van der Waals surface area contributed by atoms with Crippen molar-refractivity contribution in [1.82, 2.24) is 10.6 Å². The van der Waals surface area contributed by atoms with Crippen molar-refractivity contribution in [3.63, 3.8) is 0 Å². The van der Waals surface area contributed by atoms with E-state index in [4.69, 9.17) is 37.9 Å².